The van der Waals surface area contributed by atoms with Gasteiger partial charge < -0.3 is 5.11 Å². The Bertz CT molecular complexity index is 307. The number of carboxylic acids is 1. The highest BCUT2D eigenvalue weighted by Crippen LogP contribution is 2.12. The van der Waals surface area contributed by atoms with Gasteiger partial charge in [-0.15, -0.1) is 11.3 Å². The van der Waals surface area contributed by atoms with Crippen LogP contribution in [0.3, 0.4) is 0 Å². The largest absolute Gasteiger partial charge is 0.481 e. The highest BCUT2D eigenvalue weighted by atomic mass is 32.1. The zero-order valence-electron chi connectivity index (χ0n) is 7.06. The molecule has 1 rings (SSSR count). The number of nitrogens with zero attached hydrogens (tertiary/aromatic N) is 1. The minimum absolute atomic E-state index is 0.249. The monoisotopic (exact) mass is 199 g/mol. The van der Waals surface area contributed by atoms with E-state index in [0.717, 1.165) is 0 Å². The van der Waals surface area contributed by atoms with Gasteiger partial charge in [0.1, 0.15) is 11.6 Å². The van der Waals surface area contributed by atoms with Gasteiger partial charge in [0.15, 0.2) is 5.78 Å². The molecule has 1 aromatic rings. The van der Waals surface area contributed by atoms with Crippen LogP contribution in [0.4, 0.5) is 0 Å². The van der Waals surface area contributed by atoms with Crippen molar-refractivity contribution in [2.45, 2.75) is 13.3 Å². The summed E-state index contributed by atoms with van der Waals surface area (Å²) in [6.45, 7) is 1.67. The molecule has 1 heterocycles. The van der Waals surface area contributed by atoms with Crippen molar-refractivity contribution in [2.75, 3.05) is 0 Å². The Morgan fingerprint density at radius 1 is 1.69 bits per heavy atom. The lowest BCUT2D eigenvalue weighted by Crippen LogP contribution is -2.23. The summed E-state index contributed by atoms with van der Waals surface area (Å²) < 4.78 is 0. The van der Waals surface area contributed by atoms with Crippen molar-refractivity contribution in [2.24, 2.45) is 5.92 Å². The number of Topliss-reactive ketones (excluding diaryl/α,β-unsaturated/α-hetero) is 1. The van der Waals surface area contributed by atoms with Crippen LogP contribution in [0.5, 0.6) is 0 Å². The summed E-state index contributed by atoms with van der Waals surface area (Å²) in [5, 5.41) is 10.3. The second-order valence-electron chi connectivity index (χ2n) is 2.54. The Labute approximate surface area is 79.2 Å². The van der Waals surface area contributed by atoms with Crippen molar-refractivity contribution in [1.29, 1.82) is 0 Å². The molecule has 13 heavy (non-hydrogen) atoms. The van der Waals surface area contributed by atoms with Gasteiger partial charge >= 0.3 is 5.97 Å². The number of carboxylic acid groups (broad SMARTS) is 1. The molecule has 0 aromatic carbocycles. The fraction of sp³-hybridized carbons (Fsp3) is 0.375. The summed E-state index contributed by atoms with van der Waals surface area (Å²) in [5.41, 5.74) is 1.76. The van der Waals surface area contributed by atoms with Crippen LogP contribution in [0.1, 0.15) is 23.8 Å². The van der Waals surface area contributed by atoms with Crippen LogP contribution in [0.15, 0.2) is 10.9 Å². The maximum absolute atomic E-state index is 11.4. The highest BCUT2D eigenvalue weighted by molar-refractivity contribution is 7.07. The van der Waals surface area contributed by atoms with Crippen LogP contribution in [0.25, 0.3) is 0 Å². The van der Waals surface area contributed by atoms with E-state index in [0.29, 0.717) is 6.42 Å². The van der Waals surface area contributed by atoms with Crippen molar-refractivity contribution in [3.63, 3.8) is 0 Å². The lowest BCUT2D eigenvalue weighted by molar-refractivity contribution is -0.140. The van der Waals surface area contributed by atoms with Crippen LogP contribution >= 0.6 is 11.3 Å². The molecule has 1 unspecified atom stereocenters. The quantitative estimate of drug-likeness (QED) is 0.588. The first-order chi connectivity index (χ1) is 6.16. The fourth-order valence-electron chi connectivity index (χ4n) is 0.985. The number of carbonyl (C=O) groups excluding carboxylic acids is 1. The Kier molecular flexibility index (Phi) is 3.13. The molecule has 0 amide bonds. The third kappa shape index (κ3) is 2.12. The molecular weight excluding hydrogens is 190 g/mol. The van der Waals surface area contributed by atoms with E-state index in [1.54, 1.807) is 12.3 Å². The lowest BCUT2D eigenvalue weighted by Gasteiger charge is -2.05. The predicted molar refractivity (Wildman–Crippen MR) is 47.9 cm³/mol. The summed E-state index contributed by atoms with van der Waals surface area (Å²) in [4.78, 5) is 25.8. The smallest absolute Gasteiger partial charge is 0.314 e. The number of aliphatic carboxylic acids is 1. The maximum Gasteiger partial charge on any atom is 0.314 e. The third-order valence-electron chi connectivity index (χ3n) is 1.71. The van der Waals surface area contributed by atoms with E-state index < -0.39 is 17.7 Å². The van der Waals surface area contributed by atoms with Gasteiger partial charge in [-0.25, -0.2) is 4.98 Å². The SMILES string of the molecule is CCC(C(=O)O)C(=O)c1cscn1. The standard InChI is InChI=1S/C8H9NO3S/c1-2-5(8(11)12)7(10)6-3-13-4-9-6/h3-5H,2H2,1H3,(H,11,12). The van der Waals surface area contributed by atoms with E-state index in [9.17, 15) is 9.59 Å². The second-order valence-corrected chi connectivity index (χ2v) is 3.26. The van der Waals surface area contributed by atoms with Crippen molar-refractivity contribution >= 4 is 23.1 Å². The average molecular weight is 199 g/mol. The van der Waals surface area contributed by atoms with Gasteiger partial charge in [-0.1, -0.05) is 6.92 Å². The number of ketones is 1. The van der Waals surface area contributed by atoms with Crippen molar-refractivity contribution in [3.05, 3.63) is 16.6 Å². The maximum atomic E-state index is 11.4. The molecule has 1 aromatic heterocycles. The number of aromatic nitrogens is 1. The topological polar surface area (TPSA) is 67.3 Å². The van der Waals surface area contributed by atoms with Gasteiger partial charge in [-0.2, -0.15) is 0 Å². The van der Waals surface area contributed by atoms with Gasteiger partial charge in [0.25, 0.3) is 0 Å². The summed E-state index contributed by atoms with van der Waals surface area (Å²) in [6, 6.07) is 0. The number of thiazole rings is 1. The number of carbonyl (C=O) groups is 2. The molecule has 1 atom stereocenters. The molecule has 0 aliphatic carbocycles. The number of rotatable bonds is 4. The minimum atomic E-state index is -1.08. The van der Waals surface area contributed by atoms with Crippen LogP contribution in [-0.2, 0) is 4.79 Å². The van der Waals surface area contributed by atoms with Gasteiger partial charge in [0.05, 0.1) is 5.51 Å². The summed E-state index contributed by atoms with van der Waals surface area (Å²) >= 11 is 1.28. The number of hydrogen-bond donors (Lipinski definition) is 1. The molecule has 1 N–H and O–H groups in total. The first-order valence-electron chi connectivity index (χ1n) is 3.82. The molecule has 0 bridgehead atoms. The average Bonchev–Trinajstić information content (AvgIpc) is 2.56. The first-order valence-corrected chi connectivity index (χ1v) is 4.76. The van der Waals surface area contributed by atoms with Crippen LogP contribution in [-0.4, -0.2) is 21.8 Å². The van der Waals surface area contributed by atoms with E-state index in [-0.39, 0.29) is 5.69 Å². The molecule has 0 aliphatic heterocycles. The predicted octanol–water partition coefficient (Wildman–Crippen LogP) is 1.44. The Hall–Kier alpha value is -1.23. The van der Waals surface area contributed by atoms with Gasteiger partial charge in [0, 0.05) is 5.38 Å². The molecule has 0 saturated carbocycles. The highest BCUT2D eigenvalue weighted by Gasteiger charge is 2.26. The Morgan fingerprint density at radius 2 is 2.38 bits per heavy atom. The van der Waals surface area contributed by atoms with E-state index in [4.69, 9.17) is 5.11 Å². The van der Waals surface area contributed by atoms with Gasteiger partial charge in [0.2, 0.25) is 0 Å². The normalized spacial score (nSPS) is 12.4. The third-order valence-corrected chi connectivity index (χ3v) is 2.29. The van der Waals surface area contributed by atoms with Crippen LogP contribution in [0.2, 0.25) is 0 Å². The van der Waals surface area contributed by atoms with Crippen LogP contribution in [0, 0.1) is 5.92 Å². The molecule has 4 nitrogen and oxygen atoms in total. The lowest BCUT2D eigenvalue weighted by atomic mass is 10.00. The van der Waals surface area contributed by atoms with Gasteiger partial charge in [-0.05, 0) is 6.42 Å². The molecule has 0 spiro atoms. The summed E-state index contributed by atoms with van der Waals surface area (Å²) in [5.74, 6) is -2.45. The van der Waals surface area contributed by atoms with Crippen LogP contribution < -0.4 is 0 Å². The van der Waals surface area contributed by atoms with Crippen molar-refractivity contribution < 1.29 is 14.7 Å². The summed E-state index contributed by atoms with van der Waals surface area (Å²) in [6.07, 6.45) is 0.297. The second kappa shape index (κ2) is 4.13. The number of hydrogen-bond acceptors (Lipinski definition) is 4. The van der Waals surface area contributed by atoms with E-state index in [2.05, 4.69) is 4.98 Å². The van der Waals surface area contributed by atoms with Crippen molar-refractivity contribution in [1.82, 2.24) is 4.98 Å². The van der Waals surface area contributed by atoms with E-state index >= 15 is 0 Å². The zero-order chi connectivity index (χ0) is 9.84. The van der Waals surface area contributed by atoms with E-state index in [1.165, 1.54) is 16.8 Å². The molecule has 0 aliphatic rings. The minimum Gasteiger partial charge on any atom is -0.481 e. The first kappa shape index (κ1) is 9.85. The fourth-order valence-corrected chi connectivity index (χ4v) is 1.53. The summed E-state index contributed by atoms with van der Waals surface area (Å²) in [7, 11) is 0. The molecular formula is C8H9NO3S. The van der Waals surface area contributed by atoms with Crippen molar-refractivity contribution in [3.8, 4) is 0 Å². The molecule has 5 heteroatoms. The molecule has 0 radical (unpaired) electrons. The van der Waals surface area contributed by atoms with E-state index in [1.807, 2.05) is 0 Å². The molecule has 70 valence electrons. The molecule has 0 saturated heterocycles. The zero-order valence-corrected chi connectivity index (χ0v) is 7.87. The Balaban J connectivity index is 2.83. The Morgan fingerprint density at radius 3 is 2.77 bits per heavy atom. The van der Waals surface area contributed by atoms with Gasteiger partial charge in [-0.3, -0.25) is 9.59 Å². The molecule has 0 fully saturated rings.